The van der Waals surface area contributed by atoms with Crippen LogP contribution in [0.2, 0.25) is 0 Å². The van der Waals surface area contributed by atoms with Gasteiger partial charge < -0.3 is 14.9 Å². The Morgan fingerprint density at radius 2 is 1.69 bits per heavy atom. The second-order valence-corrected chi connectivity index (χ2v) is 7.24. The maximum Gasteiger partial charge on any atom is 0.341 e. The number of phenols is 1. The van der Waals surface area contributed by atoms with E-state index in [9.17, 15) is 19.1 Å². The van der Waals surface area contributed by atoms with E-state index in [4.69, 9.17) is 9.84 Å². The maximum absolute atomic E-state index is 13.2. The van der Waals surface area contributed by atoms with Crippen molar-refractivity contribution < 1.29 is 28.9 Å². The van der Waals surface area contributed by atoms with Crippen molar-refractivity contribution in [2.45, 2.75) is 6.42 Å². The van der Waals surface area contributed by atoms with E-state index < -0.39 is 11.9 Å². The van der Waals surface area contributed by atoms with Crippen LogP contribution in [0.4, 0.5) is 4.39 Å². The third kappa shape index (κ3) is 4.00. The predicted molar refractivity (Wildman–Crippen MR) is 116 cm³/mol. The highest BCUT2D eigenvalue weighted by Crippen LogP contribution is 2.37. The molecule has 7 heteroatoms. The second kappa shape index (κ2) is 8.47. The van der Waals surface area contributed by atoms with Gasteiger partial charge >= 0.3 is 11.9 Å². The summed E-state index contributed by atoms with van der Waals surface area (Å²) in [6.07, 6.45) is 2.07. The molecule has 0 atom stereocenters. The first-order valence-electron chi connectivity index (χ1n) is 9.68. The molecule has 160 valence electrons. The number of esters is 1. The number of carboxylic acid groups (broad SMARTS) is 1. The Balaban J connectivity index is 1.89. The van der Waals surface area contributed by atoms with Crippen LogP contribution < -0.4 is 0 Å². The fourth-order valence-electron chi connectivity index (χ4n) is 3.55. The zero-order chi connectivity index (χ0) is 22.8. The molecule has 0 radical (unpaired) electrons. The molecule has 0 fully saturated rings. The molecule has 0 saturated carbocycles. The molecule has 3 aromatic carbocycles. The van der Waals surface area contributed by atoms with Crippen LogP contribution in [0.3, 0.4) is 0 Å². The molecule has 0 bridgehead atoms. The Labute approximate surface area is 182 Å². The average Bonchev–Trinajstić information content (AvgIpc) is 2.80. The number of carbonyl (C=O) groups excluding carboxylic acids is 1. The highest BCUT2D eigenvalue weighted by molar-refractivity contribution is 6.06. The lowest BCUT2D eigenvalue weighted by molar-refractivity contribution is 0.0597. The van der Waals surface area contributed by atoms with E-state index in [0.29, 0.717) is 22.9 Å². The Hall–Kier alpha value is -4.26. The molecule has 0 amide bonds. The van der Waals surface area contributed by atoms with Crippen molar-refractivity contribution in [3.8, 4) is 16.9 Å². The standard InChI is InChI=1S/C25H18FNO5/c1-32-25(31)21-12-19(16-4-6-17(7-5-16)24(29)30)20-11-15(13-27-22(20)23(21)28)10-14-2-8-18(26)9-3-14/h2-9,11-13,28H,10H2,1H3,(H,29,30). The Bertz CT molecular complexity index is 1330. The zero-order valence-corrected chi connectivity index (χ0v) is 17.0. The first-order valence-corrected chi connectivity index (χ1v) is 9.68. The summed E-state index contributed by atoms with van der Waals surface area (Å²) in [6.45, 7) is 0. The summed E-state index contributed by atoms with van der Waals surface area (Å²) in [4.78, 5) is 27.8. The van der Waals surface area contributed by atoms with Crippen molar-refractivity contribution in [2.75, 3.05) is 7.11 Å². The quantitative estimate of drug-likeness (QED) is 0.440. The first kappa shape index (κ1) is 21.0. The number of benzene rings is 3. The van der Waals surface area contributed by atoms with E-state index in [-0.39, 0.29) is 28.2 Å². The smallest absolute Gasteiger partial charge is 0.341 e. The van der Waals surface area contributed by atoms with Crippen LogP contribution in [0.1, 0.15) is 31.8 Å². The molecule has 0 spiro atoms. The number of rotatable bonds is 5. The predicted octanol–water partition coefficient (Wildman–Crippen LogP) is 4.82. The molecule has 1 heterocycles. The van der Waals surface area contributed by atoms with Crippen LogP contribution in [0, 0.1) is 5.82 Å². The average molecular weight is 431 g/mol. The molecule has 0 aliphatic rings. The lowest BCUT2D eigenvalue weighted by Crippen LogP contribution is -2.04. The fourth-order valence-corrected chi connectivity index (χ4v) is 3.55. The molecule has 32 heavy (non-hydrogen) atoms. The molecule has 0 saturated heterocycles. The number of carboxylic acids is 1. The van der Waals surface area contributed by atoms with E-state index in [0.717, 1.165) is 11.1 Å². The van der Waals surface area contributed by atoms with E-state index in [1.54, 1.807) is 30.5 Å². The topological polar surface area (TPSA) is 96.7 Å². The molecule has 0 aliphatic heterocycles. The van der Waals surface area contributed by atoms with Gasteiger partial charge in [-0.3, -0.25) is 4.98 Å². The number of halogens is 1. The summed E-state index contributed by atoms with van der Waals surface area (Å²) in [7, 11) is 1.21. The number of carbonyl (C=O) groups is 2. The summed E-state index contributed by atoms with van der Waals surface area (Å²) >= 11 is 0. The van der Waals surface area contributed by atoms with Crippen LogP contribution in [-0.2, 0) is 11.2 Å². The minimum Gasteiger partial charge on any atom is -0.505 e. The van der Waals surface area contributed by atoms with Gasteiger partial charge in [0.2, 0.25) is 0 Å². The van der Waals surface area contributed by atoms with Crippen molar-refractivity contribution in [3.05, 3.63) is 94.9 Å². The number of hydrogen-bond acceptors (Lipinski definition) is 5. The Morgan fingerprint density at radius 1 is 1.00 bits per heavy atom. The first-order chi connectivity index (χ1) is 15.4. The molecular weight excluding hydrogens is 413 g/mol. The highest BCUT2D eigenvalue weighted by Gasteiger charge is 2.20. The van der Waals surface area contributed by atoms with Crippen molar-refractivity contribution in [1.82, 2.24) is 4.98 Å². The summed E-state index contributed by atoms with van der Waals surface area (Å²) in [6, 6.07) is 15.7. The number of methoxy groups -OCH3 is 1. The van der Waals surface area contributed by atoms with Crippen molar-refractivity contribution in [1.29, 1.82) is 0 Å². The summed E-state index contributed by atoms with van der Waals surface area (Å²) < 4.78 is 18.0. The van der Waals surface area contributed by atoms with Gasteiger partial charge in [-0.1, -0.05) is 24.3 Å². The minimum absolute atomic E-state index is 0.0453. The van der Waals surface area contributed by atoms with E-state index >= 15 is 0 Å². The summed E-state index contributed by atoms with van der Waals surface area (Å²) in [5.74, 6) is -2.39. The number of aromatic nitrogens is 1. The number of nitrogens with zero attached hydrogens (tertiary/aromatic N) is 1. The maximum atomic E-state index is 13.2. The van der Waals surface area contributed by atoms with Gasteiger partial charge in [0.1, 0.15) is 16.9 Å². The third-order valence-electron chi connectivity index (χ3n) is 5.17. The molecule has 0 aliphatic carbocycles. The van der Waals surface area contributed by atoms with Gasteiger partial charge in [-0.05, 0) is 65.1 Å². The lowest BCUT2D eigenvalue weighted by atomic mass is 9.94. The van der Waals surface area contributed by atoms with Gasteiger partial charge in [0.25, 0.3) is 0 Å². The molecule has 4 rings (SSSR count). The second-order valence-electron chi connectivity index (χ2n) is 7.24. The monoisotopic (exact) mass is 431 g/mol. The van der Waals surface area contributed by atoms with E-state index in [2.05, 4.69) is 4.98 Å². The van der Waals surface area contributed by atoms with Gasteiger partial charge in [-0.25, -0.2) is 14.0 Å². The van der Waals surface area contributed by atoms with Crippen LogP contribution in [0.15, 0.2) is 66.9 Å². The Kier molecular flexibility index (Phi) is 5.55. The largest absolute Gasteiger partial charge is 0.505 e. The normalized spacial score (nSPS) is 10.8. The number of pyridine rings is 1. The molecular formula is C25H18FNO5. The molecule has 0 unspecified atom stereocenters. The molecule has 4 aromatic rings. The van der Waals surface area contributed by atoms with Crippen molar-refractivity contribution in [2.24, 2.45) is 0 Å². The minimum atomic E-state index is -1.05. The van der Waals surface area contributed by atoms with Crippen molar-refractivity contribution >= 4 is 22.8 Å². The SMILES string of the molecule is COC(=O)c1cc(-c2ccc(C(=O)O)cc2)c2cc(Cc3ccc(F)cc3)cnc2c1O. The van der Waals surface area contributed by atoms with Crippen LogP contribution >= 0.6 is 0 Å². The van der Waals surface area contributed by atoms with Crippen molar-refractivity contribution in [3.63, 3.8) is 0 Å². The molecule has 2 N–H and O–H groups in total. The lowest BCUT2D eigenvalue weighted by Gasteiger charge is -2.13. The van der Waals surface area contributed by atoms with Crippen LogP contribution in [-0.4, -0.2) is 34.2 Å². The molecule has 1 aromatic heterocycles. The van der Waals surface area contributed by atoms with Gasteiger partial charge in [0, 0.05) is 11.6 Å². The molecule has 6 nitrogen and oxygen atoms in total. The van der Waals surface area contributed by atoms with E-state index in [1.165, 1.54) is 37.4 Å². The summed E-state index contributed by atoms with van der Waals surface area (Å²) in [5, 5.41) is 20.4. The van der Waals surface area contributed by atoms with E-state index in [1.807, 2.05) is 6.07 Å². The number of aromatic carboxylic acids is 1. The number of fused-ring (bicyclic) bond motifs is 1. The zero-order valence-electron chi connectivity index (χ0n) is 17.0. The number of ether oxygens (including phenoxy) is 1. The van der Waals surface area contributed by atoms with Gasteiger partial charge in [0.05, 0.1) is 12.7 Å². The number of hydrogen-bond donors (Lipinski definition) is 2. The van der Waals surface area contributed by atoms with Gasteiger partial charge in [-0.2, -0.15) is 0 Å². The van der Waals surface area contributed by atoms with Gasteiger partial charge in [0.15, 0.2) is 5.75 Å². The highest BCUT2D eigenvalue weighted by atomic mass is 19.1. The van der Waals surface area contributed by atoms with Crippen LogP contribution in [0.5, 0.6) is 5.75 Å². The third-order valence-corrected chi connectivity index (χ3v) is 5.17. The number of phenolic OH excluding ortho intramolecular Hbond substituents is 1. The van der Waals surface area contributed by atoms with Crippen LogP contribution in [0.25, 0.3) is 22.0 Å². The number of aromatic hydroxyl groups is 1. The fraction of sp³-hybridized carbons (Fsp3) is 0.0800. The summed E-state index contributed by atoms with van der Waals surface area (Å²) in [5.41, 5.74) is 3.23. The van der Waals surface area contributed by atoms with Gasteiger partial charge in [-0.15, -0.1) is 0 Å². The Morgan fingerprint density at radius 3 is 2.31 bits per heavy atom.